The van der Waals surface area contributed by atoms with E-state index in [-0.39, 0.29) is 11.3 Å². The normalized spacial score (nSPS) is 12.7. The van der Waals surface area contributed by atoms with Gasteiger partial charge in [0.15, 0.2) is 0 Å². The lowest BCUT2D eigenvalue weighted by Gasteiger charge is -2.27. The van der Waals surface area contributed by atoms with E-state index in [0.29, 0.717) is 6.54 Å². The Morgan fingerprint density at radius 1 is 1.09 bits per heavy atom. The molecule has 2 aromatic carbocycles. The summed E-state index contributed by atoms with van der Waals surface area (Å²) in [6, 6.07) is 15.5. The van der Waals surface area contributed by atoms with Crippen molar-refractivity contribution in [2.45, 2.75) is 39.2 Å². The van der Waals surface area contributed by atoms with Crippen molar-refractivity contribution in [2.24, 2.45) is 5.73 Å². The first kappa shape index (κ1) is 17.2. The highest BCUT2D eigenvalue weighted by atomic mass is 16.2. The number of carbonyl (C=O) groups is 1. The molecular weight excluding hydrogens is 284 g/mol. The second kappa shape index (κ2) is 6.97. The zero-order valence-electron chi connectivity index (χ0n) is 14.4. The highest BCUT2D eigenvalue weighted by Gasteiger charge is 2.23. The maximum Gasteiger partial charge on any atom is 0.241 e. The van der Waals surface area contributed by atoms with Crippen LogP contribution in [0, 0.1) is 13.8 Å². The Kier molecular flexibility index (Phi) is 5.22. The molecule has 122 valence electrons. The Morgan fingerprint density at radius 2 is 1.74 bits per heavy atom. The number of aryl methyl sites for hydroxylation is 2. The number of rotatable bonds is 5. The topological polar surface area (TPSA) is 55.1 Å². The summed E-state index contributed by atoms with van der Waals surface area (Å²) in [6.45, 7) is 8.89. The van der Waals surface area contributed by atoms with Crippen molar-refractivity contribution in [3.05, 3.63) is 70.8 Å². The van der Waals surface area contributed by atoms with Crippen LogP contribution in [0.5, 0.6) is 0 Å². The second-order valence-corrected chi connectivity index (χ2v) is 6.86. The quantitative estimate of drug-likeness (QED) is 0.889. The van der Waals surface area contributed by atoms with Gasteiger partial charge in [-0.2, -0.15) is 0 Å². The van der Waals surface area contributed by atoms with Crippen LogP contribution in [-0.2, 0) is 10.2 Å². The van der Waals surface area contributed by atoms with Gasteiger partial charge in [-0.05, 0) is 25.0 Å². The van der Waals surface area contributed by atoms with Gasteiger partial charge in [-0.15, -0.1) is 0 Å². The van der Waals surface area contributed by atoms with E-state index in [9.17, 15) is 4.79 Å². The van der Waals surface area contributed by atoms with Gasteiger partial charge in [-0.3, -0.25) is 4.79 Å². The molecule has 3 nitrogen and oxygen atoms in total. The maximum atomic E-state index is 12.3. The molecule has 0 bridgehead atoms. The fraction of sp³-hybridized carbons (Fsp3) is 0.350. The molecule has 0 spiro atoms. The van der Waals surface area contributed by atoms with Gasteiger partial charge in [0.25, 0.3) is 0 Å². The SMILES string of the molecule is Cc1ccc(C(N)C(=O)NCC(C)(C)c2cccc(C)c2)cc1. The first-order chi connectivity index (χ1) is 10.8. The van der Waals surface area contributed by atoms with Gasteiger partial charge < -0.3 is 11.1 Å². The van der Waals surface area contributed by atoms with Crippen LogP contribution in [0.2, 0.25) is 0 Å². The highest BCUT2D eigenvalue weighted by Crippen LogP contribution is 2.23. The highest BCUT2D eigenvalue weighted by molar-refractivity contribution is 5.83. The first-order valence-electron chi connectivity index (χ1n) is 7.96. The third-order valence-corrected chi connectivity index (χ3v) is 4.22. The Morgan fingerprint density at radius 3 is 2.35 bits per heavy atom. The average molecular weight is 310 g/mol. The molecule has 0 aliphatic rings. The van der Waals surface area contributed by atoms with Crippen molar-refractivity contribution in [1.29, 1.82) is 0 Å². The number of nitrogens with two attached hydrogens (primary N) is 1. The summed E-state index contributed by atoms with van der Waals surface area (Å²) in [4.78, 5) is 12.3. The Bertz CT molecular complexity index is 674. The Labute approximate surface area is 138 Å². The summed E-state index contributed by atoms with van der Waals surface area (Å²) in [5, 5.41) is 2.99. The third kappa shape index (κ3) is 4.42. The standard InChI is InChI=1S/C20H26N2O/c1-14-8-10-16(11-9-14)18(21)19(23)22-13-20(3,4)17-7-5-6-15(2)12-17/h5-12,18H,13,21H2,1-4H3,(H,22,23). The minimum Gasteiger partial charge on any atom is -0.354 e. The van der Waals surface area contributed by atoms with Crippen LogP contribution in [0.15, 0.2) is 48.5 Å². The number of carbonyl (C=O) groups excluding carboxylic acids is 1. The largest absolute Gasteiger partial charge is 0.354 e. The fourth-order valence-corrected chi connectivity index (χ4v) is 2.51. The third-order valence-electron chi connectivity index (χ3n) is 4.22. The van der Waals surface area contributed by atoms with Crippen molar-refractivity contribution < 1.29 is 4.79 Å². The zero-order valence-corrected chi connectivity index (χ0v) is 14.4. The van der Waals surface area contributed by atoms with Crippen molar-refractivity contribution in [3.63, 3.8) is 0 Å². The van der Waals surface area contributed by atoms with E-state index in [1.54, 1.807) is 0 Å². The summed E-state index contributed by atoms with van der Waals surface area (Å²) in [6.07, 6.45) is 0. The maximum absolute atomic E-state index is 12.3. The lowest BCUT2D eigenvalue weighted by atomic mass is 9.84. The van der Waals surface area contributed by atoms with Gasteiger partial charge in [0.2, 0.25) is 5.91 Å². The second-order valence-electron chi connectivity index (χ2n) is 6.86. The van der Waals surface area contributed by atoms with Crippen molar-refractivity contribution in [1.82, 2.24) is 5.32 Å². The molecule has 0 saturated carbocycles. The summed E-state index contributed by atoms with van der Waals surface area (Å²) < 4.78 is 0. The zero-order chi connectivity index (χ0) is 17.0. The van der Waals surface area contributed by atoms with E-state index in [1.165, 1.54) is 11.1 Å². The van der Waals surface area contributed by atoms with Crippen molar-refractivity contribution in [2.75, 3.05) is 6.54 Å². The number of amides is 1. The van der Waals surface area contributed by atoms with Crippen molar-refractivity contribution >= 4 is 5.91 Å². The molecule has 23 heavy (non-hydrogen) atoms. The predicted octanol–water partition coefficient (Wildman–Crippen LogP) is 3.40. The van der Waals surface area contributed by atoms with Crippen LogP contribution < -0.4 is 11.1 Å². The Balaban J connectivity index is 2.01. The molecule has 2 rings (SSSR count). The molecule has 0 saturated heterocycles. The van der Waals surface area contributed by atoms with Gasteiger partial charge in [0, 0.05) is 12.0 Å². The number of hydrogen-bond donors (Lipinski definition) is 2. The van der Waals surface area contributed by atoms with Crippen LogP contribution in [0.4, 0.5) is 0 Å². The molecule has 0 aromatic heterocycles. The van der Waals surface area contributed by atoms with E-state index in [1.807, 2.05) is 37.3 Å². The van der Waals surface area contributed by atoms with Crippen LogP contribution in [0.1, 0.15) is 42.1 Å². The van der Waals surface area contributed by atoms with E-state index in [0.717, 1.165) is 11.1 Å². The minimum atomic E-state index is -0.635. The molecule has 2 aromatic rings. The predicted molar refractivity (Wildman–Crippen MR) is 95.3 cm³/mol. The lowest BCUT2D eigenvalue weighted by molar-refractivity contribution is -0.122. The molecule has 1 unspecified atom stereocenters. The monoisotopic (exact) mass is 310 g/mol. The van der Waals surface area contributed by atoms with Crippen molar-refractivity contribution in [3.8, 4) is 0 Å². The van der Waals surface area contributed by atoms with Crippen LogP contribution in [-0.4, -0.2) is 12.5 Å². The number of nitrogens with one attached hydrogen (secondary N) is 1. The van der Waals surface area contributed by atoms with Crippen LogP contribution >= 0.6 is 0 Å². The molecule has 0 aliphatic heterocycles. The molecule has 0 aliphatic carbocycles. The molecule has 0 heterocycles. The number of hydrogen-bond acceptors (Lipinski definition) is 2. The van der Waals surface area contributed by atoms with Crippen LogP contribution in [0.3, 0.4) is 0 Å². The van der Waals surface area contributed by atoms with E-state index < -0.39 is 6.04 Å². The van der Waals surface area contributed by atoms with Gasteiger partial charge in [-0.25, -0.2) is 0 Å². The fourth-order valence-electron chi connectivity index (χ4n) is 2.51. The summed E-state index contributed by atoms with van der Waals surface area (Å²) >= 11 is 0. The van der Waals surface area contributed by atoms with Gasteiger partial charge in [0.1, 0.15) is 6.04 Å². The average Bonchev–Trinajstić information content (AvgIpc) is 2.53. The summed E-state index contributed by atoms with van der Waals surface area (Å²) in [5.41, 5.74) is 10.3. The van der Waals surface area contributed by atoms with Gasteiger partial charge in [0.05, 0.1) is 0 Å². The van der Waals surface area contributed by atoms with Gasteiger partial charge >= 0.3 is 0 Å². The molecule has 1 atom stereocenters. The van der Waals surface area contributed by atoms with E-state index in [4.69, 9.17) is 5.73 Å². The van der Waals surface area contributed by atoms with E-state index >= 15 is 0 Å². The molecule has 1 amide bonds. The minimum absolute atomic E-state index is 0.144. The molecule has 0 radical (unpaired) electrons. The van der Waals surface area contributed by atoms with Gasteiger partial charge in [-0.1, -0.05) is 73.5 Å². The smallest absolute Gasteiger partial charge is 0.241 e. The molecule has 0 fully saturated rings. The van der Waals surface area contributed by atoms with Crippen LogP contribution in [0.25, 0.3) is 0 Å². The van der Waals surface area contributed by atoms with E-state index in [2.05, 4.69) is 44.3 Å². The Hall–Kier alpha value is -2.13. The number of benzene rings is 2. The first-order valence-corrected chi connectivity index (χ1v) is 7.96. The summed E-state index contributed by atoms with van der Waals surface area (Å²) in [5.74, 6) is -0.144. The molecular formula is C20H26N2O. The molecule has 3 heteroatoms. The summed E-state index contributed by atoms with van der Waals surface area (Å²) in [7, 11) is 0. The lowest BCUT2D eigenvalue weighted by Crippen LogP contribution is -2.41. The molecule has 3 N–H and O–H groups in total.